The van der Waals surface area contributed by atoms with Crippen molar-refractivity contribution in [1.82, 2.24) is 9.80 Å². The maximum atomic E-state index is 12.5. The van der Waals surface area contributed by atoms with Crippen LogP contribution in [0.1, 0.15) is 16.7 Å². The number of fused-ring (bicyclic) bond motifs is 1. The van der Waals surface area contributed by atoms with Crippen LogP contribution >= 0.6 is 0 Å². The third-order valence-corrected chi connectivity index (χ3v) is 6.36. The molecule has 3 aromatic rings. The van der Waals surface area contributed by atoms with E-state index in [9.17, 15) is 14.4 Å². The van der Waals surface area contributed by atoms with Crippen molar-refractivity contribution in [2.75, 3.05) is 44.6 Å². The first-order valence-corrected chi connectivity index (χ1v) is 11.9. The number of anilines is 1. The Bertz CT molecular complexity index is 1210. The summed E-state index contributed by atoms with van der Waals surface area (Å²) in [5.41, 5.74) is 3.78. The number of benzene rings is 3. The van der Waals surface area contributed by atoms with E-state index in [0.29, 0.717) is 26.2 Å². The van der Waals surface area contributed by atoms with Gasteiger partial charge in [-0.2, -0.15) is 0 Å². The molecule has 0 bridgehead atoms. The van der Waals surface area contributed by atoms with E-state index in [1.54, 1.807) is 4.90 Å². The number of ether oxygens (including phenoxy) is 1. The molecule has 0 radical (unpaired) electrons. The van der Waals surface area contributed by atoms with Crippen LogP contribution in [-0.2, 0) is 25.5 Å². The molecule has 1 heterocycles. The van der Waals surface area contributed by atoms with Crippen LogP contribution in [0, 0.1) is 13.8 Å². The molecule has 4 rings (SSSR count). The lowest BCUT2D eigenvalue weighted by molar-refractivity contribution is -0.152. The van der Waals surface area contributed by atoms with Gasteiger partial charge in [0.15, 0.2) is 6.61 Å². The van der Waals surface area contributed by atoms with E-state index >= 15 is 0 Å². The molecule has 3 aromatic carbocycles. The lowest BCUT2D eigenvalue weighted by Gasteiger charge is -2.34. The first-order valence-electron chi connectivity index (χ1n) is 11.9. The molecule has 0 aliphatic carbocycles. The fourth-order valence-electron chi connectivity index (χ4n) is 4.35. The number of nitrogens with zero attached hydrogens (tertiary/aromatic N) is 2. The third kappa shape index (κ3) is 6.45. The van der Waals surface area contributed by atoms with Crippen molar-refractivity contribution in [3.63, 3.8) is 0 Å². The molecule has 2 amide bonds. The van der Waals surface area contributed by atoms with Crippen LogP contribution < -0.4 is 5.32 Å². The maximum Gasteiger partial charge on any atom is 0.310 e. The average molecular weight is 474 g/mol. The van der Waals surface area contributed by atoms with Crippen molar-refractivity contribution in [1.29, 1.82) is 0 Å². The zero-order valence-electron chi connectivity index (χ0n) is 20.3. The van der Waals surface area contributed by atoms with E-state index in [1.807, 2.05) is 79.4 Å². The van der Waals surface area contributed by atoms with Gasteiger partial charge in [0, 0.05) is 31.9 Å². The maximum absolute atomic E-state index is 12.5. The van der Waals surface area contributed by atoms with E-state index in [2.05, 4.69) is 5.32 Å². The van der Waals surface area contributed by atoms with Crippen molar-refractivity contribution < 1.29 is 19.1 Å². The van der Waals surface area contributed by atoms with Gasteiger partial charge in [0.2, 0.25) is 5.91 Å². The van der Waals surface area contributed by atoms with Gasteiger partial charge in [-0.05, 0) is 41.3 Å². The summed E-state index contributed by atoms with van der Waals surface area (Å²) in [6.45, 7) is 6.14. The van der Waals surface area contributed by atoms with E-state index in [4.69, 9.17) is 4.74 Å². The molecule has 1 saturated heterocycles. The molecule has 7 heteroatoms. The Kier molecular flexibility index (Phi) is 7.77. The second kappa shape index (κ2) is 11.1. The molecule has 1 aliphatic heterocycles. The van der Waals surface area contributed by atoms with Gasteiger partial charge in [0.1, 0.15) is 0 Å². The monoisotopic (exact) mass is 473 g/mol. The zero-order chi connectivity index (χ0) is 24.8. The summed E-state index contributed by atoms with van der Waals surface area (Å²) >= 11 is 0. The van der Waals surface area contributed by atoms with Crippen LogP contribution in [0.25, 0.3) is 10.8 Å². The van der Waals surface area contributed by atoms with E-state index < -0.39 is 5.97 Å². The highest BCUT2D eigenvalue weighted by molar-refractivity contribution is 5.93. The fraction of sp³-hybridized carbons (Fsp3) is 0.321. The molecular formula is C28H31N3O4. The summed E-state index contributed by atoms with van der Waals surface area (Å²) in [5, 5.41) is 5.18. The van der Waals surface area contributed by atoms with Crippen molar-refractivity contribution in [3.8, 4) is 0 Å². The molecule has 1 fully saturated rings. The van der Waals surface area contributed by atoms with Gasteiger partial charge in [0.25, 0.3) is 5.91 Å². The zero-order valence-corrected chi connectivity index (χ0v) is 20.3. The van der Waals surface area contributed by atoms with Gasteiger partial charge in [-0.3, -0.25) is 19.3 Å². The van der Waals surface area contributed by atoms with Crippen molar-refractivity contribution in [2.24, 2.45) is 0 Å². The Hall–Kier alpha value is -3.71. The molecule has 1 N–H and O–H groups in total. The molecular weight excluding hydrogens is 442 g/mol. The van der Waals surface area contributed by atoms with Crippen LogP contribution in [0.2, 0.25) is 0 Å². The van der Waals surface area contributed by atoms with Gasteiger partial charge in [0.05, 0.1) is 13.0 Å². The number of carbonyl (C=O) groups is 3. The summed E-state index contributed by atoms with van der Waals surface area (Å²) in [4.78, 5) is 41.0. The number of hydrogen-bond donors (Lipinski definition) is 1. The molecule has 182 valence electrons. The summed E-state index contributed by atoms with van der Waals surface area (Å²) in [7, 11) is 0. The second-order valence-corrected chi connectivity index (χ2v) is 8.99. The largest absolute Gasteiger partial charge is 0.455 e. The molecule has 0 unspecified atom stereocenters. The van der Waals surface area contributed by atoms with Crippen molar-refractivity contribution >= 4 is 34.2 Å². The number of rotatable bonds is 7. The Morgan fingerprint density at radius 3 is 2.26 bits per heavy atom. The number of piperazine rings is 1. The fourth-order valence-corrected chi connectivity index (χ4v) is 4.35. The number of esters is 1. The predicted octanol–water partition coefficient (Wildman–Crippen LogP) is 3.33. The van der Waals surface area contributed by atoms with Crippen LogP contribution in [-0.4, -0.2) is 66.9 Å². The number of para-hydroxylation sites is 1. The highest BCUT2D eigenvalue weighted by atomic mass is 16.5. The minimum Gasteiger partial charge on any atom is -0.455 e. The quantitative estimate of drug-likeness (QED) is 0.533. The van der Waals surface area contributed by atoms with Crippen LogP contribution in [0.3, 0.4) is 0 Å². The lowest BCUT2D eigenvalue weighted by atomic mass is 10.1. The Morgan fingerprint density at radius 1 is 0.857 bits per heavy atom. The molecule has 7 nitrogen and oxygen atoms in total. The first-order chi connectivity index (χ1) is 16.9. The van der Waals surface area contributed by atoms with Gasteiger partial charge >= 0.3 is 5.97 Å². The van der Waals surface area contributed by atoms with Crippen molar-refractivity contribution in [3.05, 3.63) is 77.4 Å². The Morgan fingerprint density at radius 2 is 1.54 bits per heavy atom. The predicted molar refractivity (Wildman–Crippen MR) is 136 cm³/mol. The van der Waals surface area contributed by atoms with Crippen molar-refractivity contribution in [2.45, 2.75) is 20.3 Å². The molecule has 0 saturated carbocycles. The van der Waals surface area contributed by atoms with Gasteiger partial charge < -0.3 is 15.0 Å². The van der Waals surface area contributed by atoms with Crippen LogP contribution in [0.4, 0.5) is 5.69 Å². The SMILES string of the molecule is Cc1cccc(C)c1NC(=O)CN1CCN(C(=O)COC(=O)Cc2ccc3ccccc3c2)CC1. The standard InChI is InChI=1S/C28H31N3O4/c1-20-6-5-7-21(2)28(20)29-25(32)18-30-12-14-31(15-13-30)26(33)19-35-27(34)17-22-10-11-23-8-3-4-9-24(23)16-22/h3-11,16H,12-15,17-19H2,1-2H3,(H,29,32). The molecule has 0 atom stereocenters. The molecule has 0 aromatic heterocycles. The second-order valence-electron chi connectivity index (χ2n) is 8.99. The number of amides is 2. The van der Waals surface area contributed by atoms with Crippen LogP contribution in [0.5, 0.6) is 0 Å². The normalized spacial score (nSPS) is 14.1. The molecule has 35 heavy (non-hydrogen) atoms. The number of aryl methyl sites for hydroxylation is 2. The van der Waals surface area contributed by atoms with Gasteiger partial charge in [-0.25, -0.2) is 0 Å². The van der Waals surface area contributed by atoms with Crippen LogP contribution in [0.15, 0.2) is 60.7 Å². The lowest BCUT2D eigenvalue weighted by Crippen LogP contribution is -2.51. The summed E-state index contributed by atoms with van der Waals surface area (Å²) in [6, 6.07) is 19.7. The van der Waals surface area contributed by atoms with E-state index in [1.165, 1.54) is 0 Å². The Labute approximate surface area is 205 Å². The number of carbonyl (C=O) groups excluding carboxylic acids is 3. The summed E-state index contributed by atoms with van der Waals surface area (Å²) < 4.78 is 5.25. The van der Waals surface area contributed by atoms with Gasteiger partial charge in [-0.15, -0.1) is 0 Å². The topological polar surface area (TPSA) is 79.0 Å². The minimum absolute atomic E-state index is 0.0650. The van der Waals surface area contributed by atoms with E-state index in [0.717, 1.165) is 33.2 Å². The highest BCUT2D eigenvalue weighted by Crippen LogP contribution is 2.19. The Balaban J connectivity index is 1.19. The van der Waals surface area contributed by atoms with E-state index in [-0.39, 0.29) is 31.4 Å². The smallest absolute Gasteiger partial charge is 0.310 e. The van der Waals surface area contributed by atoms with Gasteiger partial charge in [-0.1, -0.05) is 60.7 Å². The number of nitrogens with one attached hydrogen (secondary N) is 1. The average Bonchev–Trinajstić information content (AvgIpc) is 2.85. The first kappa shape index (κ1) is 24.4. The third-order valence-electron chi connectivity index (χ3n) is 6.36. The summed E-state index contributed by atoms with van der Waals surface area (Å²) in [5.74, 6) is -0.697. The highest BCUT2D eigenvalue weighted by Gasteiger charge is 2.23. The molecule has 0 spiro atoms. The summed E-state index contributed by atoms with van der Waals surface area (Å²) in [6.07, 6.45) is 0.126. The minimum atomic E-state index is -0.421. The number of hydrogen-bond acceptors (Lipinski definition) is 5. The molecule has 1 aliphatic rings.